The highest BCUT2D eigenvalue weighted by molar-refractivity contribution is 5.81. The van der Waals surface area contributed by atoms with E-state index in [4.69, 9.17) is 4.74 Å². The van der Waals surface area contributed by atoms with Crippen molar-refractivity contribution in [2.45, 2.75) is 123 Å². The molecule has 24 heavy (non-hydrogen) atoms. The second kappa shape index (κ2) is 18.5. The molecule has 0 saturated carbocycles. The van der Waals surface area contributed by atoms with Crippen molar-refractivity contribution in [3.63, 3.8) is 0 Å². The quantitative estimate of drug-likeness (QED) is 0.148. The van der Waals surface area contributed by atoms with Crippen molar-refractivity contribution in [2.75, 3.05) is 0 Å². The van der Waals surface area contributed by atoms with E-state index in [1.807, 2.05) is 6.92 Å². The van der Waals surface area contributed by atoms with Gasteiger partial charge in [0.1, 0.15) is 0 Å². The fourth-order valence-corrected chi connectivity index (χ4v) is 3.11. The van der Waals surface area contributed by atoms with Crippen LogP contribution in [-0.2, 0) is 9.53 Å². The van der Waals surface area contributed by atoms with E-state index in [1.54, 1.807) is 0 Å². The predicted octanol–water partition coefficient (Wildman–Crippen LogP) is 7.37. The van der Waals surface area contributed by atoms with Crippen molar-refractivity contribution < 1.29 is 9.53 Å². The van der Waals surface area contributed by atoms with Gasteiger partial charge in [-0.3, -0.25) is 0 Å². The third-order valence-corrected chi connectivity index (χ3v) is 4.70. The minimum absolute atomic E-state index is 0.0254. The Labute approximate surface area is 151 Å². The smallest absolute Gasteiger partial charge is 0.330 e. The average Bonchev–Trinajstić information content (AvgIpc) is 2.58. The molecule has 0 aliphatic carbocycles. The van der Waals surface area contributed by atoms with Crippen LogP contribution in [0.2, 0.25) is 0 Å². The molecule has 0 radical (unpaired) electrons. The standard InChI is InChI=1S/C22H42O2/c1-4-6-7-8-9-10-11-12-13-14-15-16-17-18-19-20-21(3)24-22(23)5-2/h5,21H,2,4,6-20H2,1,3H3. The number of unbranched alkanes of at least 4 members (excludes halogenated alkanes) is 14. The van der Waals surface area contributed by atoms with Crippen LogP contribution in [0.4, 0.5) is 0 Å². The number of carbonyl (C=O) groups excluding carboxylic acids is 1. The maximum atomic E-state index is 11.0. The van der Waals surface area contributed by atoms with Gasteiger partial charge in [0.2, 0.25) is 0 Å². The molecule has 0 aromatic rings. The summed E-state index contributed by atoms with van der Waals surface area (Å²) >= 11 is 0. The van der Waals surface area contributed by atoms with Gasteiger partial charge in [-0.1, -0.05) is 103 Å². The van der Waals surface area contributed by atoms with Crippen molar-refractivity contribution in [1.82, 2.24) is 0 Å². The van der Waals surface area contributed by atoms with Gasteiger partial charge in [0.05, 0.1) is 6.10 Å². The molecule has 2 nitrogen and oxygen atoms in total. The summed E-state index contributed by atoms with van der Waals surface area (Å²) in [7, 11) is 0. The van der Waals surface area contributed by atoms with E-state index in [9.17, 15) is 4.79 Å². The topological polar surface area (TPSA) is 26.3 Å². The molecule has 0 fully saturated rings. The summed E-state index contributed by atoms with van der Waals surface area (Å²) < 4.78 is 5.16. The van der Waals surface area contributed by atoms with Crippen LogP contribution < -0.4 is 0 Å². The SMILES string of the molecule is C=CC(=O)OC(C)CCCCCCCCCCCCCCCCC. The minimum atomic E-state index is -0.302. The summed E-state index contributed by atoms with van der Waals surface area (Å²) in [6, 6.07) is 0. The van der Waals surface area contributed by atoms with Gasteiger partial charge in [-0.05, 0) is 19.8 Å². The maximum Gasteiger partial charge on any atom is 0.330 e. The zero-order valence-electron chi connectivity index (χ0n) is 16.5. The van der Waals surface area contributed by atoms with Crippen molar-refractivity contribution >= 4 is 5.97 Å². The van der Waals surface area contributed by atoms with Crippen LogP contribution >= 0.6 is 0 Å². The van der Waals surface area contributed by atoms with Crippen molar-refractivity contribution in [1.29, 1.82) is 0 Å². The van der Waals surface area contributed by atoms with Crippen molar-refractivity contribution in [3.05, 3.63) is 12.7 Å². The van der Waals surface area contributed by atoms with Gasteiger partial charge in [0.15, 0.2) is 0 Å². The molecule has 0 rings (SSSR count). The molecule has 0 aromatic carbocycles. The summed E-state index contributed by atoms with van der Waals surface area (Å²) in [6.45, 7) is 7.66. The Bertz CT molecular complexity index is 286. The molecule has 0 bridgehead atoms. The van der Waals surface area contributed by atoms with Gasteiger partial charge < -0.3 is 4.74 Å². The lowest BCUT2D eigenvalue weighted by Crippen LogP contribution is -2.12. The monoisotopic (exact) mass is 338 g/mol. The van der Waals surface area contributed by atoms with E-state index in [0.29, 0.717) is 0 Å². The molecule has 1 atom stereocenters. The third-order valence-electron chi connectivity index (χ3n) is 4.70. The van der Waals surface area contributed by atoms with Gasteiger partial charge >= 0.3 is 5.97 Å². The molecular formula is C22H42O2. The number of ether oxygens (including phenoxy) is 1. The Balaban J connectivity index is 3.12. The average molecular weight is 339 g/mol. The molecule has 1 unspecified atom stereocenters. The van der Waals surface area contributed by atoms with Gasteiger partial charge in [0, 0.05) is 6.08 Å². The number of hydrogen-bond donors (Lipinski definition) is 0. The van der Waals surface area contributed by atoms with Gasteiger partial charge in [-0.25, -0.2) is 4.79 Å². The molecule has 0 saturated heterocycles. The zero-order valence-corrected chi connectivity index (χ0v) is 16.5. The van der Waals surface area contributed by atoms with Crippen LogP contribution in [0.1, 0.15) is 117 Å². The lowest BCUT2D eigenvalue weighted by Gasteiger charge is -2.11. The fourth-order valence-electron chi connectivity index (χ4n) is 3.11. The summed E-state index contributed by atoms with van der Waals surface area (Å²) in [5.74, 6) is -0.302. The summed E-state index contributed by atoms with van der Waals surface area (Å²) in [5.41, 5.74) is 0. The van der Waals surface area contributed by atoms with E-state index in [-0.39, 0.29) is 12.1 Å². The van der Waals surface area contributed by atoms with Crippen molar-refractivity contribution in [3.8, 4) is 0 Å². The minimum Gasteiger partial charge on any atom is -0.460 e. The third kappa shape index (κ3) is 17.6. The van der Waals surface area contributed by atoms with E-state index in [1.165, 1.54) is 96.0 Å². The number of rotatable bonds is 18. The van der Waals surface area contributed by atoms with Crippen LogP contribution in [0, 0.1) is 0 Å². The van der Waals surface area contributed by atoms with Gasteiger partial charge in [-0.15, -0.1) is 0 Å². The molecule has 0 aromatic heterocycles. The molecule has 0 aliphatic heterocycles. The van der Waals surface area contributed by atoms with Crippen molar-refractivity contribution in [2.24, 2.45) is 0 Å². The predicted molar refractivity (Wildman–Crippen MR) is 105 cm³/mol. The number of hydrogen-bond acceptors (Lipinski definition) is 2. The lowest BCUT2D eigenvalue weighted by molar-refractivity contribution is -0.142. The highest BCUT2D eigenvalue weighted by Gasteiger charge is 2.05. The van der Waals surface area contributed by atoms with E-state index in [0.717, 1.165) is 12.8 Å². The van der Waals surface area contributed by atoms with Crippen LogP contribution in [0.3, 0.4) is 0 Å². The molecule has 0 spiro atoms. The molecule has 0 heterocycles. The number of esters is 1. The highest BCUT2D eigenvalue weighted by Crippen LogP contribution is 2.14. The summed E-state index contributed by atoms with van der Waals surface area (Å²) in [5, 5.41) is 0. The number of carbonyl (C=O) groups is 1. The Kier molecular flexibility index (Phi) is 17.9. The van der Waals surface area contributed by atoms with E-state index < -0.39 is 0 Å². The van der Waals surface area contributed by atoms with E-state index >= 15 is 0 Å². The molecule has 2 heteroatoms. The van der Waals surface area contributed by atoms with Gasteiger partial charge in [-0.2, -0.15) is 0 Å². The first kappa shape index (κ1) is 23.2. The first-order valence-corrected chi connectivity index (χ1v) is 10.5. The van der Waals surface area contributed by atoms with Crippen LogP contribution in [0.5, 0.6) is 0 Å². The fraction of sp³-hybridized carbons (Fsp3) is 0.864. The Morgan fingerprint density at radius 2 is 1.17 bits per heavy atom. The molecule has 0 aliphatic rings. The first-order valence-electron chi connectivity index (χ1n) is 10.5. The summed E-state index contributed by atoms with van der Waals surface area (Å²) in [6.07, 6.45) is 22.9. The van der Waals surface area contributed by atoms with Crippen LogP contribution in [0.15, 0.2) is 12.7 Å². The normalized spacial score (nSPS) is 12.1. The highest BCUT2D eigenvalue weighted by atomic mass is 16.5. The second-order valence-electron chi connectivity index (χ2n) is 7.19. The van der Waals surface area contributed by atoms with Crippen LogP contribution in [0.25, 0.3) is 0 Å². The van der Waals surface area contributed by atoms with Crippen LogP contribution in [-0.4, -0.2) is 12.1 Å². The summed E-state index contributed by atoms with van der Waals surface area (Å²) in [4.78, 5) is 11.0. The van der Waals surface area contributed by atoms with Gasteiger partial charge in [0.25, 0.3) is 0 Å². The molecule has 0 N–H and O–H groups in total. The Hall–Kier alpha value is -0.790. The zero-order chi connectivity index (χ0) is 17.9. The largest absolute Gasteiger partial charge is 0.460 e. The lowest BCUT2D eigenvalue weighted by atomic mass is 10.0. The second-order valence-corrected chi connectivity index (χ2v) is 7.19. The molecule has 0 amide bonds. The Morgan fingerprint density at radius 1 is 0.792 bits per heavy atom. The Morgan fingerprint density at radius 3 is 1.54 bits per heavy atom. The molecular weight excluding hydrogens is 296 g/mol. The maximum absolute atomic E-state index is 11.0. The first-order chi connectivity index (χ1) is 11.7. The van der Waals surface area contributed by atoms with E-state index in [2.05, 4.69) is 13.5 Å². The molecule has 142 valence electrons.